The summed E-state index contributed by atoms with van der Waals surface area (Å²) in [5.41, 5.74) is 8.09. The van der Waals surface area contributed by atoms with Gasteiger partial charge in [-0.1, -0.05) is 28.1 Å². The summed E-state index contributed by atoms with van der Waals surface area (Å²) in [5, 5.41) is 0. The van der Waals surface area contributed by atoms with Gasteiger partial charge in [0.25, 0.3) is 0 Å². The maximum atomic E-state index is 5.60. The molecule has 2 nitrogen and oxygen atoms in total. The minimum absolute atomic E-state index is 0.598. The van der Waals surface area contributed by atoms with E-state index in [1.54, 1.807) is 0 Å². The fourth-order valence-electron chi connectivity index (χ4n) is 1.46. The van der Waals surface area contributed by atoms with E-state index in [2.05, 4.69) is 52.3 Å². The topological polar surface area (TPSA) is 29.3 Å². The molecule has 0 aliphatic carbocycles. The number of nitrogens with zero attached hydrogens (tertiary/aromatic N) is 1. The van der Waals surface area contributed by atoms with Crippen molar-refractivity contribution in [1.82, 2.24) is 4.90 Å². The van der Waals surface area contributed by atoms with Crippen molar-refractivity contribution in [2.75, 3.05) is 25.6 Å². The highest BCUT2D eigenvalue weighted by molar-refractivity contribution is 9.10. The van der Waals surface area contributed by atoms with Crippen molar-refractivity contribution in [2.24, 2.45) is 5.73 Å². The van der Waals surface area contributed by atoms with E-state index in [1.807, 2.05) is 11.8 Å². The number of thioether (sulfide) groups is 1. The summed E-state index contributed by atoms with van der Waals surface area (Å²) in [6, 6.07) is 6.36. The molecule has 0 radical (unpaired) electrons. The summed E-state index contributed by atoms with van der Waals surface area (Å²) < 4.78 is 1.16. The molecule has 0 fully saturated rings. The summed E-state index contributed by atoms with van der Waals surface area (Å²) in [4.78, 5) is 2.33. The largest absolute Gasteiger partial charge is 0.326 e. The van der Waals surface area contributed by atoms with Gasteiger partial charge in [-0.2, -0.15) is 11.8 Å². The number of hydrogen-bond donors (Lipinski definition) is 1. The second-order valence-electron chi connectivity index (χ2n) is 3.86. The monoisotopic (exact) mass is 302 g/mol. The van der Waals surface area contributed by atoms with Gasteiger partial charge >= 0.3 is 0 Å². The van der Waals surface area contributed by atoms with Gasteiger partial charge < -0.3 is 10.6 Å². The predicted molar refractivity (Wildman–Crippen MR) is 76.7 cm³/mol. The van der Waals surface area contributed by atoms with Gasteiger partial charge in [-0.05, 0) is 30.5 Å². The van der Waals surface area contributed by atoms with Crippen LogP contribution in [0.3, 0.4) is 0 Å². The van der Waals surface area contributed by atoms with Crippen LogP contribution < -0.4 is 5.73 Å². The Balaban J connectivity index is 2.59. The maximum Gasteiger partial charge on any atom is 0.0242 e. The lowest BCUT2D eigenvalue weighted by atomic mass is 10.1. The predicted octanol–water partition coefficient (Wildman–Crippen LogP) is 2.70. The molecule has 1 aromatic carbocycles. The third-order valence-corrected chi connectivity index (χ3v) is 3.80. The van der Waals surface area contributed by atoms with Crippen LogP contribution in [0.4, 0.5) is 0 Å². The molecule has 0 aliphatic rings. The van der Waals surface area contributed by atoms with Crippen molar-refractivity contribution in [1.29, 1.82) is 0 Å². The zero-order valence-electron chi connectivity index (χ0n) is 9.87. The summed E-state index contributed by atoms with van der Waals surface area (Å²) in [7, 11) is 2.15. The molecule has 90 valence electrons. The molecule has 0 unspecified atom stereocenters. The van der Waals surface area contributed by atoms with E-state index in [4.69, 9.17) is 5.73 Å². The highest BCUT2D eigenvalue weighted by Crippen LogP contribution is 2.19. The van der Waals surface area contributed by atoms with Crippen LogP contribution >= 0.6 is 27.7 Å². The molecule has 16 heavy (non-hydrogen) atoms. The Labute approximate surface area is 111 Å². The van der Waals surface area contributed by atoms with Gasteiger partial charge in [0.2, 0.25) is 0 Å². The van der Waals surface area contributed by atoms with Crippen LogP contribution in [0.1, 0.15) is 11.1 Å². The minimum Gasteiger partial charge on any atom is -0.326 e. The number of benzene rings is 1. The average Bonchev–Trinajstić information content (AvgIpc) is 2.29. The van der Waals surface area contributed by atoms with Crippen LogP contribution in [0, 0.1) is 0 Å². The second-order valence-corrected chi connectivity index (χ2v) is 5.70. The fourth-order valence-corrected chi connectivity index (χ4v) is 2.51. The molecule has 0 aliphatic heterocycles. The molecule has 0 saturated heterocycles. The van der Waals surface area contributed by atoms with Crippen LogP contribution in [0.25, 0.3) is 0 Å². The Morgan fingerprint density at radius 2 is 2.19 bits per heavy atom. The van der Waals surface area contributed by atoms with E-state index in [-0.39, 0.29) is 0 Å². The summed E-state index contributed by atoms with van der Waals surface area (Å²) >= 11 is 5.48. The van der Waals surface area contributed by atoms with Crippen molar-refractivity contribution in [3.8, 4) is 0 Å². The molecular formula is C12H19BrN2S. The zero-order chi connectivity index (χ0) is 12.0. The van der Waals surface area contributed by atoms with Crippen molar-refractivity contribution >= 4 is 27.7 Å². The molecule has 0 heterocycles. The lowest BCUT2D eigenvalue weighted by molar-refractivity contribution is 0.348. The fraction of sp³-hybridized carbons (Fsp3) is 0.500. The molecule has 1 aromatic rings. The number of rotatable bonds is 6. The van der Waals surface area contributed by atoms with Crippen molar-refractivity contribution in [3.63, 3.8) is 0 Å². The van der Waals surface area contributed by atoms with Crippen LogP contribution in [0.2, 0.25) is 0 Å². The molecule has 1 rings (SSSR count). The van der Waals surface area contributed by atoms with Crippen molar-refractivity contribution in [2.45, 2.75) is 13.1 Å². The van der Waals surface area contributed by atoms with Gasteiger partial charge in [-0.3, -0.25) is 0 Å². The van der Waals surface area contributed by atoms with E-state index in [0.29, 0.717) is 6.54 Å². The summed E-state index contributed by atoms with van der Waals surface area (Å²) in [6.45, 7) is 2.69. The van der Waals surface area contributed by atoms with Crippen LogP contribution in [0.15, 0.2) is 22.7 Å². The lowest BCUT2D eigenvalue weighted by Crippen LogP contribution is -2.20. The highest BCUT2D eigenvalue weighted by Gasteiger charge is 2.04. The highest BCUT2D eigenvalue weighted by atomic mass is 79.9. The van der Waals surface area contributed by atoms with E-state index in [1.165, 1.54) is 16.9 Å². The van der Waals surface area contributed by atoms with Gasteiger partial charge in [0, 0.05) is 29.9 Å². The zero-order valence-corrected chi connectivity index (χ0v) is 12.3. The molecule has 0 spiro atoms. The Morgan fingerprint density at radius 3 is 2.75 bits per heavy atom. The SMILES string of the molecule is CSCCN(C)Cc1ccc(CN)cc1Br. The molecule has 0 bridgehead atoms. The maximum absolute atomic E-state index is 5.60. The minimum atomic E-state index is 0.598. The molecule has 2 N–H and O–H groups in total. The summed E-state index contributed by atoms with van der Waals surface area (Å²) in [5.74, 6) is 1.18. The summed E-state index contributed by atoms with van der Waals surface area (Å²) in [6.07, 6.45) is 2.14. The van der Waals surface area contributed by atoms with Crippen molar-refractivity contribution < 1.29 is 0 Å². The van der Waals surface area contributed by atoms with E-state index >= 15 is 0 Å². The normalized spacial score (nSPS) is 11.1. The van der Waals surface area contributed by atoms with E-state index in [0.717, 1.165) is 17.6 Å². The van der Waals surface area contributed by atoms with Crippen molar-refractivity contribution in [3.05, 3.63) is 33.8 Å². The van der Waals surface area contributed by atoms with E-state index < -0.39 is 0 Å². The van der Waals surface area contributed by atoms with Crippen LogP contribution in [0.5, 0.6) is 0 Å². The van der Waals surface area contributed by atoms with Gasteiger partial charge in [0.1, 0.15) is 0 Å². The van der Waals surface area contributed by atoms with Gasteiger partial charge in [0.15, 0.2) is 0 Å². The van der Waals surface area contributed by atoms with Gasteiger partial charge in [-0.25, -0.2) is 0 Å². The van der Waals surface area contributed by atoms with Crippen LogP contribution in [-0.2, 0) is 13.1 Å². The molecule has 0 atom stereocenters. The molecule has 0 saturated carbocycles. The van der Waals surface area contributed by atoms with Gasteiger partial charge in [-0.15, -0.1) is 0 Å². The number of halogens is 1. The number of nitrogens with two attached hydrogens (primary N) is 1. The quantitative estimate of drug-likeness (QED) is 0.876. The third kappa shape index (κ3) is 4.45. The van der Waals surface area contributed by atoms with Gasteiger partial charge in [0.05, 0.1) is 0 Å². The smallest absolute Gasteiger partial charge is 0.0242 e. The Morgan fingerprint density at radius 1 is 1.44 bits per heavy atom. The lowest BCUT2D eigenvalue weighted by Gasteiger charge is -2.17. The molecule has 0 amide bonds. The standard InChI is InChI=1S/C12H19BrN2S/c1-15(5-6-16-2)9-11-4-3-10(8-14)7-12(11)13/h3-4,7H,5-6,8-9,14H2,1-2H3. The Kier molecular flexibility index (Phi) is 6.43. The first-order chi connectivity index (χ1) is 7.67. The first kappa shape index (κ1) is 14.0. The number of hydrogen-bond acceptors (Lipinski definition) is 3. The first-order valence-corrected chi connectivity index (χ1v) is 7.51. The molecule has 4 heteroatoms. The molecule has 0 aromatic heterocycles. The van der Waals surface area contributed by atoms with Crippen LogP contribution in [-0.4, -0.2) is 30.5 Å². The first-order valence-electron chi connectivity index (χ1n) is 5.32. The second kappa shape index (κ2) is 7.33. The third-order valence-electron chi connectivity index (χ3n) is 2.47. The van der Waals surface area contributed by atoms with E-state index in [9.17, 15) is 0 Å². The average molecular weight is 303 g/mol. The Bertz CT molecular complexity index is 331. The molecular weight excluding hydrogens is 284 g/mol. The Hall–Kier alpha value is -0.0300.